The van der Waals surface area contributed by atoms with Crippen molar-refractivity contribution < 1.29 is 14.3 Å². The first kappa shape index (κ1) is 15.4. The van der Waals surface area contributed by atoms with Gasteiger partial charge in [-0.1, -0.05) is 19.3 Å². The van der Waals surface area contributed by atoms with Gasteiger partial charge in [-0.3, -0.25) is 14.9 Å². The van der Waals surface area contributed by atoms with E-state index in [0.717, 1.165) is 32.1 Å². The number of ether oxygens (including phenoxy) is 1. The zero-order valence-corrected chi connectivity index (χ0v) is 12.2. The van der Waals surface area contributed by atoms with Gasteiger partial charge in [0, 0.05) is 12.4 Å². The molecule has 0 saturated heterocycles. The van der Waals surface area contributed by atoms with Crippen molar-refractivity contribution in [3.63, 3.8) is 0 Å². The van der Waals surface area contributed by atoms with Gasteiger partial charge in [0.05, 0.1) is 6.61 Å². The normalized spacial score (nSPS) is 17.0. The van der Waals surface area contributed by atoms with Crippen molar-refractivity contribution in [2.24, 2.45) is 11.8 Å². The smallest absolute Gasteiger partial charge is 0.318 e. The van der Waals surface area contributed by atoms with E-state index in [-0.39, 0.29) is 24.4 Å². The number of carbonyl (C=O) groups excluding carboxylic acids is 2. The van der Waals surface area contributed by atoms with Gasteiger partial charge in [-0.2, -0.15) is 0 Å². The largest absolute Gasteiger partial charge is 0.465 e. The third-order valence-corrected chi connectivity index (χ3v) is 3.75. The molecule has 1 N–H and O–H groups in total. The third kappa shape index (κ3) is 4.24. The molecule has 1 aromatic heterocycles. The maximum absolute atomic E-state index is 12.4. The van der Waals surface area contributed by atoms with E-state index in [1.54, 1.807) is 25.4 Å². The Hall–Kier alpha value is -1.98. The van der Waals surface area contributed by atoms with Gasteiger partial charge in [-0.25, -0.2) is 9.97 Å². The van der Waals surface area contributed by atoms with Crippen LogP contribution in [-0.4, -0.2) is 28.5 Å². The van der Waals surface area contributed by atoms with E-state index in [1.807, 2.05) is 0 Å². The van der Waals surface area contributed by atoms with Crippen molar-refractivity contribution in [3.8, 4) is 0 Å². The van der Waals surface area contributed by atoms with E-state index in [4.69, 9.17) is 4.74 Å². The molecule has 1 aromatic rings. The Morgan fingerprint density at radius 2 is 1.95 bits per heavy atom. The highest BCUT2D eigenvalue weighted by atomic mass is 16.5. The number of aromatic nitrogens is 2. The van der Waals surface area contributed by atoms with Crippen molar-refractivity contribution in [2.75, 3.05) is 11.9 Å². The highest BCUT2D eigenvalue weighted by Gasteiger charge is 2.36. The summed E-state index contributed by atoms with van der Waals surface area (Å²) < 4.78 is 5.08. The van der Waals surface area contributed by atoms with Crippen LogP contribution in [0.2, 0.25) is 0 Å². The number of nitrogens with one attached hydrogen (secondary N) is 1. The molecule has 1 aliphatic rings. The predicted molar refractivity (Wildman–Crippen MR) is 77.4 cm³/mol. The van der Waals surface area contributed by atoms with Crippen molar-refractivity contribution in [2.45, 2.75) is 39.0 Å². The van der Waals surface area contributed by atoms with E-state index in [2.05, 4.69) is 15.3 Å². The summed E-state index contributed by atoms with van der Waals surface area (Å²) in [6.45, 7) is 2.02. The summed E-state index contributed by atoms with van der Waals surface area (Å²) in [7, 11) is 0. The average molecular weight is 291 g/mol. The molecule has 1 atom stereocenters. The number of amides is 1. The lowest BCUT2D eigenvalue weighted by Gasteiger charge is -2.27. The van der Waals surface area contributed by atoms with Crippen LogP contribution in [-0.2, 0) is 14.3 Å². The minimum atomic E-state index is -0.769. The summed E-state index contributed by atoms with van der Waals surface area (Å²) in [5.41, 5.74) is 0. The molecule has 0 aromatic carbocycles. The van der Waals surface area contributed by atoms with Crippen molar-refractivity contribution in [1.82, 2.24) is 9.97 Å². The number of hydrogen-bond donors (Lipinski definition) is 1. The van der Waals surface area contributed by atoms with E-state index in [0.29, 0.717) is 0 Å². The summed E-state index contributed by atoms with van der Waals surface area (Å²) in [5, 5.41) is 2.62. The third-order valence-electron chi connectivity index (χ3n) is 3.75. The lowest BCUT2D eigenvalue weighted by Crippen LogP contribution is -2.38. The van der Waals surface area contributed by atoms with Gasteiger partial charge in [-0.15, -0.1) is 0 Å². The minimum Gasteiger partial charge on any atom is -0.465 e. The van der Waals surface area contributed by atoms with Crippen LogP contribution >= 0.6 is 0 Å². The molecular weight excluding hydrogens is 270 g/mol. The fourth-order valence-corrected chi connectivity index (χ4v) is 2.76. The van der Waals surface area contributed by atoms with Gasteiger partial charge in [0.1, 0.15) is 5.92 Å². The molecule has 6 nitrogen and oxygen atoms in total. The van der Waals surface area contributed by atoms with E-state index < -0.39 is 11.9 Å². The second-order valence-electron chi connectivity index (χ2n) is 5.19. The maximum atomic E-state index is 12.4. The molecule has 1 aliphatic carbocycles. The van der Waals surface area contributed by atoms with Gasteiger partial charge in [0.25, 0.3) is 0 Å². The first-order chi connectivity index (χ1) is 10.2. The number of esters is 1. The lowest BCUT2D eigenvalue weighted by molar-refractivity contribution is -0.153. The van der Waals surface area contributed by atoms with Crippen LogP contribution in [0.1, 0.15) is 39.0 Å². The Kier molecular flexibility index (Phi) is 5.66. The van der Waals surface area contributed by atoms with Crippen molar-refractivity contribution in [3.05, 3.63) is 18.5 Å². The molecular formula is C15H21N3O3. The highest BCUT2D eigenvalue weighted by Crippen LogP contribution is 2.31. The molecule has 114 valence electrons. The number of hydrogen-bond acceptors (Lipinski definition) is 5. The summed E-state index contributed by atoms with van der Waals surface area (Å²) in [5.74, 6) is -1.33. The lowest BCUT2D eigenvalue weighted by atomic mass is 9.79. The van der Waals surface area contributed by atoms with Gasteiger partial charge < -0.3 is 4.74 Å². The summed E-state index contributed by atoms with van der Waals surface area (Å²) in [6.07, 6.45) is 8.12. The van der Waals surface area contributed by atoms with Gasteiger partial charge in [0.15, 0.2) is 0 Å². The van der Waals surface area contributed by atoms with Gasteiger partial charge in [-0.05, 0) is 31.7 Å². The van der Waals surface area contributed by atoms with E-state index >= 15 is 0 Å². The molecule has 6 heteroatoms. The van der Waals surface area contributed by atoms with E-state index in [9.17, 15) is 9.59 Å². The number of carbonyl (C=O) groups is 2. The molecule has 1 heterocycles. The number of anilines is 1. The Labute approximate surface area is 124 Å². The zero-order chi connectivity index (χ0) is 15.1. The first-order valence-electron chi connectivity index (χ1n) is 7.47. The molecule has 1 saturated carbocycles. The van der Waals surface area contributed by atoms with Crippen molar-refractivity contribution in [1.29, 1.82) is 0 Å². The first-order valence-corrected chi connectivity index (χ1v) is 7.47. The Balaban J connectivity index is 2.09. The van der Waals surface area contributed by atoms with Gasteiger partial charge in [0.2, 0.25) is 11.9 Å². The molecule has 21 heavy (non-hydrogen) atoms. The molecule has 0 bridgehead atoms. The molecule has 0 aliphatic heterocycles. The second kappa shape index (κ2) is 7.71. The maximum Gasteiger partial charge on any atom is 0.318 e. The molecule has 1 fully saturated rings. The number of rotatable bonds is 5. The molecule has 2 rings (SSSR count). The average Bonchev–Trinajstić information content (AvgIpc) is 2.50. The van der Waals surface area contributed by atoms with Crippen LogP contribution in [0.3, 0.4) is 0 Å². The summed E-state index contributed by atoms with van der Waals surface area (Å²) in [4.78, 5) is 32.5. The number of nitrogens with zero attached hydrogens (tertiary/aromatic N) is 2. The minimum absolute atomic E-state index is 0.0431. The Bertz CT molecular complexity index is 472. The molecule has 1 amide bonds. The highest BCUT2D eigenvalue weighted by molar-refractivity contribution is 6.04. The van der Waals surface area contributed by atoms with Crippen LogP contribution in [0.5, 0.6) is 0 Å². The van der Waals surface area contributed by atoms with Crippen molar-refractivity contribution >= 4 is 17.8 Å². The van der Waals surface area contributed by atoms with Gasteiger partial charge >= 0.3 is 5.97 Å². The van der Waals surface area contributed by atoms with Crippen LogP contribution in [0, 0.1) is 11.8 Å². The van der Waals surface area contributed by atoms with Crippen LogP contribution < -0.4 is 5.32 Å². The molecule has 0 spiro atoms. The molecule has 0 unspecified atom stereocenters. The Morgan fingerprint density at radius 3 is 2.57 bits per heavy atom. The quantitative estimate of drug-likeness (QED) is 0.664. The van der Waals surface area contributed by atoms with E-state index in [1.165, 1.54) is 0 Å². The fourth-order valence-electron chi connectivity index (χ4n) is 2.76. The monoisotopic (exact) mass is 291 g/mol. The van der Waals surface area contributed by atoms with Crippen LogP contribution in [0.4, 0.5) is 5.95 Å². The van der Waals surface area contributed by atoms with Crippen LogP contribution in [0.15, 0.2) is 18.5 Å². The predicted octanol–water partition coefficient (Wildman–Crippen LogP) is 2.17. The Morgan fingerprint density at radius 1 is 1.29 bits per heavy atom. The van der Waals surface area contributed by atoms with Crippen LogP contribution in [0.25, 0.3) is 0 Å². The SMILES string of the molecule is CCOC(=O)[C@H](C(=O)Nc1ncccn1)C1CCCCC1. The summed E-state index contributed by atoms with van der Waals surface area (Å²) >= 11 is 0. The standard InChI is InChI=1S/C15H21N3O3/c1-2-21-14(20)12(11-7-4-3-5-8-11)13(19)18-15-16-9-6-10-17-15/h6,9-12H,2-5,7-8H2,1H3,(H,16,17,18,19)/t12-/m0/s1. The fraction of sp³-hybridized carbons (Fsp3) is 0.600. The second-order valence-corrected chi connectivity index (χ2v) is 5.19. The topological polar surface area (TPSA) is 81.2 Å². The zero-order valence-electron chi connectivity index (χ0n) is 12.2. The summed E-state index contributed by atoms with van der Waals surface area (Å²) in [6, 6.07) is 1.67. The molecule has 0 radical (unpaired) electrons.